The van der Waals surface area contributed by atoms with Gasteiger partial charge in [-0.25, -0.2) is 13.1 Å². The van der Waals surface area contributed by atoms with E-state index in [2.05, 4.69) is 26.2 Å². The molecule has 0 amide bonds. The fourth-order valence-electron chi connectivity index (χ4n) is 2.08. The first-order valence-corrected chi connectivity index (χ1v) is 7.76. The van der Waals surface area contributed by atoms with Crippen LogP contribution in [0.15, 0.2) is 9.63 Å². The summed E-state index contributed by atoms with van der Waals surface area (Å²) in [4.78, 5) is 0. The molecule has 1 aromatic rings. The van der Waals surface area contributed by atoms with Crippen molar-refractivity contribution in [2.45, 2.75) is 17.2 Å². The Bertz CT molecular complexity index is 529. The Morgan fingerprint density at radius 2 is 1.79 bits per heavy atom. The highest BCUT2D eigenvalue weighted by atomic mass is 79.9. The van der Waals surface area contributed by atoms with Crippen LogP contribution in [0.3, 0.4) is 0 Å². The maximum absolute atomic E-state index is 12.5. The Labute approximate surface area is 119 Å². The standard InChI is InChI=1S/C9H15BrN4O4S/c1-13-9(8(10)11-12-13)19(15,16)14-4-6(17-2)7(5-14)18-3/h6-7H,4-5H2,1-3H3. The molecule has 108 valence electrons. The largest absolute Gasteiger partial charge is 0.377 e. The van der Waals surface area contributed by atoms with Gasteiger partial charge in [-0.1, -0.05) is 5.21 Å². The van der Waals surface area contributed by atoms with Crippen molar-refractivity contribution in [2.24, 2.45) is 7.05 Å². The zero-order valence-corrected chi connectivity index (χ0v) is 13.2. The van der Waals surface area contributed by atoms with Crippen molar-refractivity contribution in [3.63, 3.8) is 0 Å². The third-order valence-corrected chi connectivity index (χ3v) is 5.83. The first-order chi connectivity index (χ1) is 8.91. The maximum atomic E-state index is 12.5. The molecule has 1 saturated heterocycles. The summed E-state index contributed by atoms with van der Waals surface area (Å²) < 4.78 is 38.3. The van der Waals surface area contributed by atoms with Gasteiger partial charge in [0.15, 0.2) is 4.60 Å². The summed E-state index contributed by atoms with van der Waals surface area (Å²) in [6.07, 6.45) is -0.556. The van der Waals surface area contributed by atoms with Crippen LogP contribution in [0.5, 0.6) is 0 Å². The lowest BCUT2D eigenvalue weighted by molar-refractivity contribution is -0.00461. The molecule has 8 nitrogen and oxygen atoms in total. The van der Waals surface area contributed by atoms with E-state index in [0.29, 0.717) is 0 Å². The van der Waals surface area contributed by atoms with E-state index in [1.807, 2.05) is 0 Å². The molecule has 0 N–H and O–H groups in total. The van der Waals surface area contributed by atoms with Crippen LogP contribution in [0.25, 0.3) is 0 Å². The van der Waals surface area contributed by atoms with Gasteiger partial charge in [0.05, 0.1) is 12.2 Å². The minimum atomic E-state index is -3.68. The van der Waals surface area contributed by atoms with Gasteiger partial charge >= 0.3 is 0 Å². The second-order valence-electron chi connectivity index (χ2n) is 4.18. The molecule has 2 heterocycles. The van der Waals surface area contributed by atoms with Crippen molar-refractivity contribution in [3.8, 4) is 0 Å². The van der Waals surface area contributed by atoms with Gasteiger partial charge in [-0.15, -0.1) is 5.10 Å². The normalized spacial score (nSPS) is 25.1. The molecule has 1 aliphatic heterocycles. The van der Waals surface area contributed by atoms with Crippen LogP contribution in [0, 0.1) is 0 Å². The number of nitrogens with zero attached hydrogens (tertiary/aromatic N) is 4. The van der Waals surface area contributed by atoms with Gasteiger partial charge in [0.1, 0.15) is 0 Å². The van der Waals surface area contributed by atoms with Crippen molar-refractivity contribution in [1.29, 1.82) is 0 Å². The van der Waals surface area contributed by atoms with E-state index in [9.17, 15) is 8.42 Å². The molecular weight excluding hydrogens is 340 g/mol. The van der Waals surface area contributed by atoms with Gasteiger partial charge in [-0.05, 0) is 15.9 Å². The third kappa shape index (κ3) is 2.55. The van der Waals surface area contributed by atoms with E-state index in [-0.39, 0.29) is 34.9 Å². The number of hydrogen-bond donors (Lipinski definition) is 0. The van der Waals surface area contributed by atoms with Crippen LogP contribution in [0.4, 0.5) is 0 Å². The number of rotatable bonds is 4. The number of methoxy groups -OCH3 is 2. The lowest BCUT2D eigenvalue weighted by Crippen LogP contribution is -2.31. The van der Waals surface area contributed by atoms with Gasteiger partial charge in [-0.2, -0.15) is 4.31 Å². The fraction of sp³-hybridized carbons (Fsp3) is 0.778. The Hall–Kier alpha value is -0.550. The summed E-state index contributed by atoms with van der Waals surface area (Å²) in [7, 11) is 0.924. The molecule has 19 heavy (non-hydrogen) atoms. The molecule has 0 radical (unpaired) electrons. The molecule has 10 heteroatoms. The minimum absolute atomic E-state index is 0.0270. The van der Waals surface area contributed by atoms with Crippen LogP contribution in [-0.4, -0.2) is 67.2 Å². The van der Waals surface area contributed by atoms with Crippen LogP contribution in [-0.2, 0) is 26.5 Å². The van der Waals surface area contributed by atoms with Crippen LogP contribution >= 0.6 is 15.9 Å². The second kappa shape index (κ2) is 5.44. The van der Waals surface area contributed by atoms with Gasteiger partial charge in [0.2, 0.25) is 5.03 Å². The van der Waals surface area contributed by atoms with Gasteiger partial charge in [0, 0.05) is 34.4 Å². The van der Waals surface area contributed by atoms with Crippen LogP contribution in [0.1, 0.15) is 0 Å². The highest BCUT2D eigenvalue weighted by Crippen LogP contribution is 2.27. The number of sulfonamides is 1. The maximum Gasteiger partial charge on any atom is 0.263 e. The second-order valence-corrected chi connectivity index (χ2v) is 6.78. The molecule has 0 aliphatic carbocycles. The highest BCUT2D eigenvalue weighted by molar-refractivity contribution is 9.10. The smallest absolute Gasteiger partial charge is 0.263 e. The van der Waals surface area contributed by atoms with E-state index >= 15 is 0 Å². The molecule has 2 unspecified atom stereocenters. The summed E-state index contributed by atoms with van der Waals surface area (Å²) in [6, 6.07) is 0. The SMILES string of the molecule is COC1CN(S(=O)(=O)c2c(Br)nnn2C)CC1OC. The van der Waals surface area contributed by atoms with Gasteiger partial charge < -0.3 is 9.47 Å². The van der Waals surface area contributed by atoms with Crippen molar-refractivity contribution in [1.82, 2.24) is 19.3 Å². The monoisotopic (exact) mass is 354 g/mol. The van der Waals surface area contributed by atoms with E-state index < -0.39 is 10.0 Å². The predicted molar refractivity (Wildman–Crippen MR) is 69.1 cm³/mol. The number of hydrogen-bond acceptors (Lipinski definition) is 6. The number of halogens is 1. The predicted octanol–water partition coefficient (Wildman–Crippen LogP) is -0.388. The van der Waals surface area contributed by atoms with E-state index in [1.165, 1.54) is 30.3 Å². The fourth-order valence-corrected chi connectivity index (χ4v) is 4.58. The summed E-state index contributed by atoms with van der Waals surface area (Å²) in [5, 5.41) is 7.40. The summed E-state index contributed by atoms with van der Waals surface area (Å²) >= 11 is 3.10. The average Bonchev–Trinajstić information content (AvgIpc) is 2.93. The minimum Gasteiger partial charge on any atom is -0.377 e. The lowest BCUT2D eigenvalue weighted by Gasteiger charge is -2.15. The van der Waals surface area contributed by atoms with Crippen molar-refractivity contribution in [2.75, 3.05) is 27.3 Å². The lowest BCUT2D eigenvalue weighted by atomic mass is 10.3. The highest BCUT2D eigenvalue weighted by Gasteiger charge is 2.42. The Balaban J connectivity index is 2.32. The quantitative estimate of drug-likeness (QED) is 0.731. The zero-order chi connectivity index (χ0) is 14.2. The molecule has 1 aliphatic rings. The van der Waals surface area contributed by atoms with Crippen LogP contribution in [0.2, 0.25) is 0 Å². The van der Waals surface area contributed by atoms with Crippen LogP contribution < -0.4 is 0 Å². The van der Waals surface area contributed by atoms with Crippen molar-refractivity contribution < 1.29 is 17.9 Å². The molecule has 1 fully saturated rings. The first-order valence-electron chi connectivity index (χ1n) is 5.52. The molecule has 1 aromatic heterocycles. The average molecular weight is 355 g/mol. The Morgan fingerprint density at radius 1 is 1.26 bits per heavy atom. The van der Waals surface area contributed by atoms with E-state index in [0.717, 1.165) is 0 Å². The summed E-state index contributed by atoms with van der Waals surface area (Å²) in [6.45, 7) is 0.490. The molecule has 0 saturated carbocycles. The molecule has 0 bridgehead atoms. The van der Waals surface area contributed by atoms with Gasteiger partial charge in [0.25, 0.3) is 10.0 Å². The van der Waals surface area contributed by atoms with Crippen molar-refractivity contribution >= 4 is 26.0 Å². The van der Waals surface area contributed by atoms with E-state index in [1.54, 1.807) is 0 Å². The van der Waals surface area contributed by atoms with E-state index in [4.69, 9.17) is 9.47 Å². The topological polar surface area (TPSA) is 86.5 Å². The molecule has 2 rings (SSSR count). The number of aryl methyl sites for hydroxylation is 1. The van der Waals surface area contributed by atoms with Gasteiger partial charge in [-0.3, -0.25) is 0 Å². The Morgan fingerprint density at radius 3 is 2.16 bits per heavy atom. The summed E-state index contributed by atoms with van der Waals surface area (Å²) in [5.74, 6) is 0. The summed E-state index contributed by atoms with van der Waals surface area (Å²) in [5.41, 5.74) is 0. The molecule has 0 spiro atoms. The third-order valence-electron chi connectivity index (χ3n) is 3.11. The zero-order valence-electron chi connectivity index (χ0n) is 10.8. The number of aromatic nitrogens is 3. The molecular formula is C9H15BrN4O4S. The first kappa shape index (κ1) is 14.9. The number of ether oxygens (including phenoxy) is 2. The Kier molecular flexibility index (Phi) is 4.26. The molecule has 2 atom stereocenters. The van der Waals surface area contributed by atoms with Crippen molar-refractivity contribution in [3.05, 3.63) is 4.60 Å². The molecule has 0 aromatic carbocycles.